The van der Waals surface area contributed by atoms with Gasteiger partial charge in [0.1, 0.15) is 0 Å². The van der Waals surface area contributed by atoms with E-state index in [-0.39, 0.29) is 16.8 Å². The van der Waals surface area contributed by atoms with E-state index in [1.807, 2.05) is 5.38 Å². The standard InChI is InChI=1S/C12H17N3OS/c13-6-9-4-2-1-3-5-11(9)14-7-10-8-17-12(16)15-10/h8-9,11,14H,1-5,7H2,(H,15,16). The van der Waals surface area contributed by atoms with Crippen molar-refractivity contribution in [3.63, 3.8) is 0 Å². The van der Waals surface area contributed by atoms with Crippen molar-refractivity contribution in [2.24, 2.45) is 5.92 Å². The smallest absolute Gasteiger partial charge is 0.304 e. The van der Waals surface area contributed by atoms with Crippen LogP contribution in [0.1, 0.15) is 37.8 Å². The molecular weight excluding hydrogens is 234 g/mol. The van der Waals surface area contributed by atoms with Crippen molar-refractivity contribution in [1.29, 1.82) is 5.26 Å². The minimum absolute atomic E-state index is 0.0144. The first-order valence-electron chi connectivity index (χ1n) is 6.09. The molecule has 0 aliphatic heterocycles. The van der Waals surface area contributed by atoms with Crippen molar-refractivity contribution >= 4 is 11.3 Å². The van der Waals surface area contributed by atoms with Crippen molar-refractivity contribution in [1.82, 2.24) is 10.3 Å². The molecule has 2 N–H and O–H groups in total. The first-order chi connectivity index (χ1) is 8.29. The highest BCUT2D eigenvalue weighted by atomic mass is 32.1. The zero-order chi connectivity index (χ0) is 12.1. The van der Waals surface area contributed by atoms with Gasteiger partial charge in [-0.2, -0.15) is 5.26 Å². The molecule has 1 aromatic rings. The lowest BCUT2D eigenvalue weighted by Crippen LogP contribution is -2.34. The van der Waals surface area contributed by atoms with Crippen LogP contribution in [0.25, 0.3) is 0 Å². The minimum atomic E-state index is -0.0144. The van der Waals surface area contributed by atoms with Gasteiger partial charge in [0.2, 0.25) is 0 Å². The van der Waals surface area contributed by atoms with Gasteiger partial charge < -0.3 is 10.3 Å². The van der Waals surface area contributed by atoms with Crippen LogP contribution >= 0.6 is 11.3 Å². The molecule has 1 saturated carbocycles. The molecule has 0 amide bonds. The Morgan fingerprint density at radius 2 is 2.29 bits per heavy atom. The maximum absolute atomic E-state index is 11.0. The number of nitrogens with one attached hydrogen (secondary N) is 2. The SMILES string of the molecule is N#CC1CCCCCC1NCc1csc(=O)[nH]1. The molecule has 0 aromatic carbocycles. The summed E-state index contributed by atoms with van der Waals surface area (Å²) in [5, 5.41) is 14.4. The maximum Gasteiger partial charge on any atom is 0.304 e. The third-order valence-corrected chi connectivity index (χ3v) is 4.03. The number of hydrogen-bond acceptors (Lipinski definition) is 4. The van der Waals surface area contributed by atoms with Gasteiger partial charge in [0, 0.05) is 23.7 Å². The van der Waals surface area contributed by atoms with Crippen LogP contribution in [0.4, 0.5) is 0 Å². The molecule has 1 heterocycles. The molecule has 92 valence electrons. The average molecular weight is 251 g/mol. The van der Waals surface area contributed by atoms with Crippen LogP contribution in [-0.4, -0.2) is 11.0 Å². The van der Waals surface area contributed by atoms with Crippen LogP contribution < -0.4 is 10.2 Å². The molecule has 4 nitrogen and oxygen atoms in total. The lowest BCUT2D eigenvalue weighted by atomic mass is 9.96. The van der Waals surface area contributed by atoms with E-state index in [1.165, 1.54) is 24.2 Å². The number of H-pyrrole nitrogens is 1. The van der Waals surface area contributed by atoms with Gasteiger partial charge >= 0.3 is 4.87 Å². The van der Waals surface area contributed by atoms with Gasteiger partial charge in [-0.15, -0.1) is 0 Å². The summed E-state index contributed by atoms with van der Waals surface area (Å²) in [5.74, 6) is 0.114. The molecule has 0 saturated heterocycles. The van der Waals surface area contributed by atoms with Crippen LogP contribution in [-0.2, 0) is 6.54 Å². The third kappa shape index (κ3) is 3.42. The zero-order valence-electron chi connectivity index (χ0n) is 9.74. The average Bonchev–Trinajstić information content (AvgIpc) is 2.63. The lowest BCUT2D eigenvalue weighted by molar-refractivity contribution is 0.392. The van der Waals surface area contributed by atoms with E-state index >= 15 is 0 Å². The molecule has 0 radical (unpaired) electrons. The Bertz CT molecular complexity index is 445. The Morgan fingerprint density at radius 3 is 3.00 bits per heavy atom. The largest absolute Gasteiger partial charge is 0.315 e. The van der Waals surface area contributed by atoms with Gasteiger partial charge in [-0.3, -0.25) is 4.79 Å². The quantitative estimate of drug-likeness (QED) is 0.807. The summed E-state index contributed by atoms with van der Waals surface area (Å²) in [6.45, 7) is 0.654. The van der Waals surface area contributed by atoms with Crippen LogP contribution in [0.15, 0.2) is 10.2 Å². The van der Waals surface area contributed by atoms with E-state index in [0.717, 1.165) is 25.0 Å². The van der Waals surface area contributed by atoms with Gasteiger partial charge in [0.15, 0.2) is 0 Å². The highest BCUT2D eigenvalue weighted by Gasteiger charge is 2.22. The van der Waals surface area contributed by atoms with Crippen molar-refractivity contribution in [2.75, 3.05) is 0 Å². The molecule has 5 heteroatoms. The van der Waals surface area contributed by atoms with Crippen LogP contribution in [0, 0.1) is 17.2 Å². The number of nitrogens with zero attached hydrogens (tertiary/aromatic N) is 1. The molecule has 2 atom stereocenters. The summed E-state index contributed by atoms with van der Waals surface area (Å²) in [6.07, 6.45) is 5.63. The van der Waals surface area contributed by atoms with Gasteiger partial charge in [-0.1, -0.05) is 30.6 Å². The van der Waals surface area contributed by atoms with Crippen molar-refractivity contribution in [3.05, 3.63) is 20.7 Å². The maximum atomic E-state index is 11.0. The lowest BCUT2D eigenvalue weighted by Gasteiger charge is -2.20. The summed E-state index contributed by atoms with van der Waals surface area (Å²) in [4.78, 5) is 13.8. The molecule has 17 heavy (non-hydrogen) atoms. The Labute approximate surface area is 105 Å². The predicted molar refractivity (Wildman–Crippen MR) is 67.8 cm³/mol. The van der Waals surface area contributed by atoms with Crippen molar-refractivity contribution in [2.45, 2.75) is 44.7 Å². The molecule has 0 spiro atoms. The second-order valence-corrected chi connectivity index (χ2v) is 5.38. The second-order valence-electron chi connectivity index (χ2n) is 4.53. The fourth-order valence-corrected chi connectivity index (χ4v) is 2.93. The molecule has 2 rings (SSSR count). The Hall–Kier alpha value is -1.12. The molecule has 1 fully saturated rings. The Kier molecular flexibility index (Phi) is 4.35. The van der Waals surface area contributed by atoms with Crippen LogP contribution in [0.2, 0.25) is 0 Å². The Balaban J connectivity index is 1.92. The van der Waals surface area contributed by atoms with E-state index < -0.39 is 0 Å². The van der Waals surface area contributed by atoms with Gasteiger partial charge in [-0.25, -0.2) is 0 Å². The zero-order valence-corrected chi connectivity index (χ0v) is 10.6. The molecule has 1 aliphatic rings. The number of thiazole rings is 1. The highest BCUT2D eigenvalue weighted by Crippen LogP contribution is 2.23. The fourth-order valence-electron chi connectivity index (χ4n) is 2.35. The van der Waals surface area contributed by atoms with Gasteiger partial charge in [0.25, 0.3) is 0 Å². The second kappa shape index (κ2) is 5.99. The van der Waals surface area contributed by atoms with E-state index in [0.29, 0.717) is 6.54 Å². The summed E-state index contributed by atoms with van der Waals surface area (Å²) < 4.78 is 0. The van der Waals surface area contributed by atoms with E-state index in [1.54, 1.807) is 0 Å². The number of aromatic nitrogens is 1. The summed E-state index contributed by atoms with van der Waals surface area (Å²) in [7, 11) is 0. The van der Waals surface area contributed by atoms with Gasteiger partial charge in [-0.05, 0) is 12.8 Å². The number of nitriles is 1. The highest BCUT2D eigenvalue weighted by molar-refractivity contribution is 7.07. The van der Waals surface area contributed by atoms with Crippen LogP contribution in [0.5, 0.6) is 0 Å². The molecule has 1 aromatic heterocycles. The summed E-state index contributed by atoms with van der Waals surface area (Å²) in [6, 6.07) is 2.67. The van der Waals surface area contributed by atoms with Crippen molar-refractivity contribution < 1.29 is 0 Å². The number of aromatic amines is 1. The van der Waals surface area contributed by atoms with Crippen LogP contribution in [0.3, 0.4) is 0 Å². The summed E-state index contributed by atoms with van der Waals surface area (Å²) >= 11 is 1.19. The normalized spacial score (nSPS) is 25.1. The predicted octanol–water partition coefficient (Wildman–Crippen LogP) is 2.00. The molecular formula is C12H17N3OS. The monoisotopic (exact) mass is 251 g/mol. The van der Waals surface area contributed by atoms with Crippen molar-refractivity contribution in [3.8, 4) is 6.07 Å². The Morgan fingerprint density at radius 1 is 1.47 bits per heavy atom. The first-order valence-corrected chi connectivity index (χ1v) is 6.97. The molecule has 0 bridgehead atoms. The van der Waals surface area contributed by atoms with Gasteiger partial charge in [0.05, 0.1) is 12.0 Å². The number of rotatable bonds is 3. The third-order valence-electron chi connectivity index (χ3n) is 3.31. The first kappa shape index (κ1) is 12.3. The fraction of sp³-hybridized carbons (Fsp3) is 0.667. The number of hydrogen-bond donors (Lipinski definition) is 2. The summed E-state index contributed by atoms with van der Waals surface area (Å²) in [5.41, 5.74) is 0.918. The molecule has 1 aliphatic carbocycles. The molecule has 2 unspecified atom stereocenters. The van der Waals surface area contributed by atoms with E-state index in [2.05, 4.69) is 16.4 Å². The van der Waals surface area contributed by atoms with E-state index in [4.69, 9.17) is 5.26 Å². The topological polar surface area (TPSA) is 68.7 Å². The van der Waals surface area contributed by atoms with E-state index in [9.17, 15) is 4.79 Å². The minimum Gasteiger partial charge on any atom is -0.315 e.